The van der Waals surface area contributed by atoms with Gasteiger partial charge >= 0.3 is 5.97 Å². The van der Waals surface area contributed by atoms with E-state index < -0.39 is 12.6 Å². The number of hydrogen-bond donors (Lipinski definition) is 1. The summed E-state index contributed by atoms with van der Waals surface area (Å²) < 4.78 is 5.09. The Balaban J connectivity index is 2.08. The highest BCUT2D eigenvalue weighted by atomic mass is 35.5. The van der Waals surface area contributed by atoms with Gasteiger partial charge in [0.05, 0.1) is 5.56 Å². The van der Waals surface area contributed by atoms with Crippen LogP contribution in [0.2, 0.25) is 5.02 Å². The molecule has 2 aromatic rings. The first kappa shape index (κ1) is 20.6. The van der Waals surface area contributed by atoms with E-state index in [-0.39, 0.29) is 28.9 Å². The van der Waals surface area contributed by atoms with Crippen LogP contribution in [-0.2, 0) is 9.53 Å². The number of amides is 1. The Morgan fingerprint density at radius 2 is 1.67 bits per heavy atom. The lowest BCUT2D eigenvalue weighted by molar-refractivity contribution is -0.124. The fraction of sp³-hybridized carbons (Fsp3) is 0.286. The molecule has 27 heavy (non-hydrogen) atoms. The molecule has 0 saturated carbocycles. The zero-order valence-electron chi connectivity index (χ0n) is 15.3. The molecular formula is C21H22ClNO4. The summed E-state index contributed by atoms with van der Waals surface area (Å²) >= 11 is 5.85. The average molecular weight is 388 g/mol. The molecule has 0 spiro atoms. The molecule has 0 fully saturated rings. The molecule has 0 bridgehead atoms. The summed E-state index contributed by atoms with van der Waals surface area (Å²) in [5, 5.41) is 3.28. The topological polar surface area (TPSA) is 72.5 Å². The summed E-state index contributed by atoms with van der Waals surface area (Å²) in [5.41, 5.74) is 0.738. The standard InChI is InChI=1S/C21H22ClNO4/c1-3-6-14(2)23-19(24)13-27-21(26)18-8-5-4-7-17(18)20(25)15-9-11-16(22)12-10-15/h4-5,7-12,14H,3,6,13H2,1-2H3,(H,23,24)/t14-/m1/s1. The predicted octanol–water partition coefficient (Wildman–Crippen LogP) is 4.03. The van der Waals surface area contributed by atoms with E-state index >= 15 is 0 Å². The second-order valence-electron chi connectivity index (χ2n) is 6.21. The third kappa shape index (κ3) is 5.93. The molecule has 1 atom stereocenters. The van der Waals surface area contributed by atoms with Crippen molar-refractivity contribution in [2.75, 3.05) is 6.61 Å². The zero-order chi connectivity index (χ0) is 19.8. The van der Waals surface area contributed by atoms with Crippen LogP contribution in [0.4, 0.5) is 0 Å². The van der Waals surface area contributed by atoms with Crippen molar-refractivity contribution in [2.45, 2.75) is 32.7 Å². The third-order valence-electron chi connectivity index (χ3n) is 3.96. The van der Waals surface area contributed by atoms with Gasteiger partial charge in [-0.3, -0.25) is 9.59 Å². The van der Waals surface area contributed by atoms with Crippen molar-refractivity contribution >= 4 is 29.3 Å². The van der Waals surface area contributed by atoms with Crippen LogP contribution in [0, 0.1) is 0 Å². The summed E-state index contributed by atoms with van der Waals surface area (Å²) in [7, 11) is 0. The zero-order valence-corrected chi connectivity index (χ0v) is 16.1. The number of halogens is 1. The maximum atomic E-state index is 12.7. The SMILES string of the molecule is CCC[C@@H](C)NC(=O)COC(=O)c1ccccc1C(=O)c1ccc(Cl)cc1. The molecule has 0 aliphatic carbocycles. The Morgan fingerprint density at radius 3 is 2.30 bits per heavy atom. The normalized spacial score (nSPS) is 11.5. The molecule has 6 heteroatoms. The molecule has 142 valence electrons. The van der Waals surface area contributed by atoms with Gasteiger partial charge in [0.25, 0.3) is 5.91 Å². The molecule has 1 amide bonds. The van der Waals surface area contributed by atoms with E-state index in [0.717, 1.165) is 12.8 Å². The lowest BCUT2D eigenvalue weighted by Gasteiger charge is -2.13. The maximum absolute atomic E-state index is 12.7. The number of ether oxygens (including phenoxy) is 1. The fourth-order valence-corrected chi connectivity index (χ4v) is 2.77. The highest BCUT2D eigenvalue weighted by Crippen LogP contribution is 2.17. The van der Waals surface area contributed by atoms with Gasteiger partial charge in [0.2, 0.25) is 0 Å². The van der Waals surface area contributed by atoms with Gasteiger partial charge in [0.15, 0.2) is 12.4 Å². The van der Waals surface area contributed by atoms with Gasteiger partial charge in [-0.1, -0.05) is 43.1 Å². The highest BCUT2D eigenvalue weighted by molar-refractivity contribution is 6.30. The Bertz CT molecular complexity index is 817. The van der Waals surface area contributed by atoms with Crippen LogP contribution in [0.25, 0.3) is 0 Å². The van der Waals surface area contributed by atoms with Crippen LogP contribution in [0.3, 0.4) is 0 Å². The minimum atomic E-state index is -0.716. The predicted molar refractivity (Wildman–Crippen MR) is 104 cm³/mol. The van der Waals surface area contributed by atoms with Crippen molar-refractivity contribution in [2.24, 2.45) is 0 Å². The summed E-state index contributed by atoms with van der Waals surface area (Å²) in [6.07, 6.45) is 1.79. The van der Waals surface area contributed by atoms with Crippen molar-refractivity contribution < 1.29 is 19.1 Å². The van der Waals surface area contributed by atoms with Crippen molar-refractivity contribution in [3.8, 4) is 0 Å². The Kier molecular flexibility index (Phi) is 7.55. The van der Waals surface area contributed by atoms with E-state index in [2.05, 4.69) is 5.32 Å². The minimum Gasteiger partial charge on any atom is -0.452 e. The molecule has 2 rings (SSSR count). The highest BCUT2D eigenvalue weighted by Gasteiger charge is 2.20. The summed E-state index contributed by atoms with van der Waals surface area (Å²) in [6, 6.07) is 12.8. The molecule has 5 nitrogen and oxygen atoms in total. The largest absolute Gasteiger partial charge is 0.452 e. The Labute approximate surface area is 163 Å². The van der Waals surface area contributed by atoms with Crippen LogP contribution >= 0.6 is 11.6 Å². The van der Waals surface area contributed by atoms with Crippen molar-refractivity contribution in [3.63, 3.8) is 0 Å². The van der Waals surface area contributed by atoms with Gasteiger partial charge < -0.3 is 10.1 Å². The Hall–Kier alpha value is -2.66. The quantitative estimate of drug-likeness (QED) is 0.548. The smallest absolute Gasteiger partial charge is 0.339 e. The molecule has 0 unspecified atom stereocenters. The molecule has 0 heterocycles. The first-order chi connectivity index (χ1) is 12.9. The van der Waals surface area contributed by atoms with Gasteiger partial charge in [0, 0.05) is 22.2 Å². The first-order valence-electron chi connectivity index (χ1n) is 8.78. The van der Waals surface area contributed by atoms with Gasteiger partial charge in [-0.25, -0.2) is 4.79 Å². The minimum absolute atomic E-state index is 0.0139. The van der Waals surface area contributed by atoms with Crippen LogP contribution in [0.15, 0.2) is 48.5 Å². The number of esters is 1. The number of hydrogen-bond acceptors (Lipinski definition) is 4. The Morgan fingerprint density at radius 1 is 1.04 bits per heavy atom. The third-order valence-corrected chi connectivity index (χ3v) is 4.21. The molecule has 0 radical (unpaired) electrons. The van der Waals surface area contributed by atoms with Crippen LogP contribution in [-0.4, -0.2) is 30.3 Å². The summed E-state index contributed by atoms with van der Waals surface area (Å²) in [5.74, 6) is -1.41. The number of benzene rings is 2. The second-order valence-corrected chi connectivity index (χ2v) is 6.65. The fourth-order valence-electron chi connectivity index (χ4n) is 2.65. The number of nitrogens with one attached hydrogen (secondary N) is 1. The van der Waals surface area contributed by atoms with E-state index in [9.17, 15) is 14.4 Å². The van der Waals surface area contributed by atoms with Crippen molar-refractivity contribution in [1.82, 2.24) is 5.32 Å². The summed E-state index contributed by atoms with van der Waals surface area (Å²) in [6.45, 7) is 3.52. The van der Waals surface area contributed by atoms with Gasteiger partial charge in [0.1, 0.15) is 0 Å². The number of rotatable bonds is 8. The van der Waals surface area contributed by atoms with E-state index in [4.69, 9.17) is 16.3 Å². The molecule has 0 aromatic heterocycles. The lowest BCUT2D eigenvalue weighted by Crippen LogP contribution is -2.35. The van der Waals surface area contributed by atoms with Gasteiger partial charge in [-0.2, -0.15) is 0 Å². The van der Waals surface area contributed by atoms with Crippen molar-refractivity contribution in [1.29, 1.82) is 0 Å². The molecule has 0 aliphatic heterocycles. The van der Waals surface area contributed by atoms with Crippen molar-refractivity contribution in [3.05, 3.63) is 70.2 Å². The number of carbonyl (C=O) groups is 3. The number of carbonyl (C=O) groups excluding carboxylic acids is 3. The van der Waals surface area contributed by atoms with E-state index in [1.54, 1.807) is 42.5 Å². The van der Waals surface area contributed by atoms with Gasteiger partial charge in [-0.15, -0.1) is 0 Å². The second kappa shape index (κ2) is 9.88. The molecule has 0 aliphatic rings. The lowest BCUT2D eigenvalue weighted by atomic mass is 9.98. The molecule has 2 aromatic carbocycles. The monoisotopic (exact) mass is 387 g/mol. The molecule has 1 N–H and O–H groups in total. The first-order valence-corrected chi connectivity index (χ1v) is 9.16. The van der Waals surface area contributed by atoms with E-state index in [1.807, 2.05) is 13.8 Å². The maximum Gasteiger partial charge on any atom is 0.339 e. The summed E-state index contributed by atoms with van der Waals surface area (Å²) in [4.78, 5) is 37.0. The van der Waals surface area contributed by atoms with Gasteiger partial charge in [-0.05, 0) is 43.7 Å². The van der Waals surface area contributed by atoms with E-state index in [1.165, 1.54) is 6.07 Å². The number of ketones is 1. The van der Waals surface area contributed by atoms with Crippen LogP contribution in [0.1, 0.15) is 53.0 Å². The average Bonchev–Trinajstić information content (AvgIpc) is 2.66. The van der Waals surface area contributed by atoms with Crippen LogP contribution < -0.4 is 5.32 Å². The molecule has 0 saturated heterocycles. The molecular weight excluding hydrogens is 366 g/mol. The van der Waals surface area contributed by atoms with E-state index in [0.29, 0.717) is 10.6 Å². The van der Waals surface area contributed by atoms with Crippen LogP contribution in [0.5, 0.6) is 0 Å².